The molecule has 1 aromatic heterocycles. The normalized spacial score (nSPS) is 26.0. The minimum Gasteiger partial charge on any atom is -0.481 e. The summed E-state index contributed by atoms with van der Waals surface area (Å²) in [5, 5.41) is 8.75. The van der Waals surface area contributed by atoms with Crippen molar-refractivity contribution in [1.29, 1.82) is 0 Å². The molecule has 0 aromatic carbocycles. The van der Waals surface area contributed by atoms with Crippen LogP contribution in [-0.4, -0.2) is 11.1 Å². The number of hydrogen-bond donors (Lipinski definition) is 1. The summed E-state index contributed by atoms with van der Waals surface area (Å²) < 4.78 is 1.10. The Balaban J connectivity index is 2.16. The summed E-state index contributed by atoms with van der Waals surface area (Å²) >= 11 is 5.13. The highest BCUT2D eigenvalue weighted by atomic mass is 79.9. The Morgan fingerprint density at radius 3 is 2.85 bits per heavy atom. The average molecular weight is 261 g/mol. The molecular weight excluding hydrogens is 252 g/mol. The Morgan fingerprint density at radius 2 is 2.46 bits per heavy atom. The second kappa shape index (κ2) is 3.10. The van der Waals surface area contributed by atoms with E-state index in [0.29, 0.717) is 0 Å². The van der Waals surface area contributed by atoms with E-state index in [-0.39, 0.29) is 11.8 Å². The van der Waals surface area contributed by atoms with Gasteiger partial charge in [-0.15, -0.1) is 11.3 Å². The molecule has 2 nitrogen and oxygen atoms in total. The minimum absolute atomic E-state index is 0.134. The van der Waals surface area contributed by atoms with E-state index >= 15 is 0 Å². The molecule has 0 radical (unpaired) electrons. The average Bonchev–Trinajstić information content (AvgIpc) is 2.76. The molecule has 0 unspecified atom stereocenters. The standard InChI is InChI=1S/C9H9BrO2S/c1-4-7(10)3-8(13-4)5-2-6(5)9(11)12/h3,5-6H,2H2,1H3,(H,11,12)/t5-,6-/m1/s1. The van der Waals surface area contributed by atoms with Crippen LogP contribution in [-0.2, 0) is 4.79 Å². The van der Waals surface area contributed by atoms with Crippen molar-refractivity contribution in [2.45, 2.75) is 19.3 Å². The third-order valence-corrected chi connectivity index (χ3v) is 4.62. The minimum atomic E-state index is -0.660. The van der Waals surface area contributed by atoms with Crippen LogP contribution in [0, 0.1) is 12.8 Å². The molecule has 13 heavy (non-hydrogen) atoms. The van der Waals surface area contributed by atoms with Crippen LogP contribution in [0.4, 0.5) is 0 Å². The Hall–Kier alpha value is -0.350. The molecule has 0 saturated heterocycles. The van der Waals surface area contributed by atoms with Crippen molar-refractivity contribution < 1.29 is 9.90 Å². The molecule has 4 heteroatoms. The van der Waals surface area contributed by atoms with Gasteiger partial charge in [0.05, 0.1) is 5.92 Å². The number of hydrogen-bond acceptors (Lipinski definition) is 2. The second-order valence-corrected chi connectivity index (χ2v) is 5.48. The number of aliphatic carboxylic acids is 1. The zero-order valence-electron chi connectivity index (χ0n) is 7.08. The highest BCUT2D eigenvalue weighted by Crippen LogP contribution is 2.50. The predicted octanol–water partition coefficient (Wildman–Crippen LogP) is 3.01. The third kappa shape index (κ3) is 1.65. The van der Waals surface area contributed by atoms with Gasteiger partial charge < -0.3 is 5.11 Å². The van der Waals surface area contributed by atoms with E-state index in [1.54, 1.807) is 11.3 Å². The summed E-state index contributed by atoms with van der Waals surface area (Å²) in [7, 11) is 0. The number of aryl methyl sites for hydroxylation is 1. The number of halogens is 1. The van der Waals surface area contributed by atoms with Gasteiger partial charge in [-0.2, -0.15) is 0 Å². The maximum absolute atomic E-state index is 10.6. The molecule has 1 heterocycles. The molecule has 0 spiro atoms. The second-order valence-electron chi connectivity index (χ2n) is 3.34. The summed E-state index contributed by atoms with van der Waals surface area (Å²) in [4.78, 5) is 13.1. The number of carboxylic acids is 1. The first-order chi connectivity index (χ1) is 6.09. The molecule has 1 N–H and O–H groups in total. The van der Waals surface area contributed by atoms with E-state index in [0.717, 1.165) is 10.9 Å². The molecule has 1 fully saturated rings. The molecule has 1 aliphatic carbocycles. The molecule has 0 bridgehead atoms. The lowest BCUT2D eigenvalue weighted by Crippen LogP contribution is -1.97. The van der Waals surface area contributed by atoms with Crippen LogP contribution in [0.3, 0.4) is 0 Å². The summed E-state index contributed by atoms with van der Waals surface area (Å²) in [6.45, 7) is 2.04. The monoisotopic (exact) mass is 260 g/mol. The first kappa shape index (κ1) is 9.21. The van der Waals surface area contributed by atoms with Gasteiger partial charge in [0.1, 0.15) is 0 Å². The smallest absolute Gasteiger partial charge is 0.307 e. The molecule has 1 aliphatic rings. The fourth-order valence-electron chi connectivity index (χ4n) is 1.45. The van der Waals surface area contributed by atoms with E-state index in [9.17, 15) is 4.79 Å². The van der Waals surface area contributed by atoms with Gasteiger partial charge in [0.2, 0.25) is 0 Å². The van der Waals surface area contributed by atoms with E-state index in [1.807, 2.05) is 13.0 Å². The lowest BCUT2D eigenvalue weighted by Gasteiger charge is -1.89. The van der Waals surface area contributed by atoms with Gasteiger partial charge in [0, 0.05) is 20.1 Å². The molecule has 1 saturated carbocycles. The molecule has 1 aromatic rings. The molecule has 2 rings (SSSR count). The highest BCUT2D eigenvalue weighted by Gasteiger charge is 2.45. The Kier molecular flexibility index (Phi) is 2.20. The largest absolute Gasteiger partial charge is 0.481 e. The summed E-state index contributed by atoms with van der Waals surface area (Å²) in [5.41, 5.74) is 0. The van der Waals surface area contributed by atoms with Crippen LogP contribution in [0.15, 0.2) is 10.5 Å². The third-order valence-electron chi connectivity index (χ3n) is 2.35. The van der Waals surface area contributed by atoms with Gasteiger partial charge in [0.15, 0.2) is 0 Å². The van der Waals surface area contributed by atoms with Crippen molar-refractivity contribution >= 4 is 33.2 Å². The number of carbonyl (C=O) groups is 1. The topological polar surface area (TPSA) is 37.3 Å². The highest BCUT2D eigenvalue weighted by molar-refractivity contribution is 9.10. The first-order valence-electron chi connectivity index (χ1n) is 4.08. The lowest BCUT2D eigenvalue weighted by atomic mass is 10.3. The lowest BCUT2D eigenvalue weighted by molar-refractivity contribution is -0.138. The quantitative estimate of drug-likeness (QED) is 0.888. The van der Waals surface area contributed by atoms with Crippen LogP contribution in [0.25, 0.3) is 0 Å². The van der Waals surface area contributed by atoms with Gasteiger partial charge in [-0.05, 0) is 35.3 Å². The maximum atomic E-state index is 10.6. The zero-order valence-corrected chi connectivity index (χ0v) is 9.48. The van der Waals surface area contributed by atoms with Crippen LogP contribution >= 0.6 is 27.3 Å². The van der Waals surface area contributed by atoms with Crippen molar-refractivity contribution in [2.24, 2.45) is 5.92 Å². The van der Waals surface area contributed by atoms with E-state index in [4.69, 9.17) is 5.11 Å². The predicted molar refractivity (Wildman–Crippen MR) is 55.2 cm³/mol. The van der Waals surface area contributed by atoms with Crippen molar-refractivity contribution in [1.82, 2.24) is 0 Å². The van der Waals surface area contributed by atoms with Gasteiger partial charge >= 0.3 is 5.97 Å². The zero-order chi connectivity index (χ0) is 9.59. The number of carboxylic acid groups (broad SMARTS) is 1. The number of rotatable bonds is 2. The Bertz CT molecular complexity index is 339. The van der Waals surface area contributed by atoms with Crippen LogP contribution in [0.1, 0.15) is 22.1 Å². The summed E-state index contributed by atoms with van der Waals surface area (Å²) in [6, 6.07) is 2.05. The van der Waals surface area contributed by atoms with E-state index < -0.39 is 5.97 Å². The Labute approximate surface area is 88.7 Å². The van der Waals surface area contributed by atoms with Crippen LogP contribution in [0.5, 0.6) is 0 Å². The fraction of sp³-hybridized carbons (Fsp3) is 0.444. The molecule has 0 aliphatic heterocycles. The molecule has 0 amide bonds. The summed E-state index contributed by atoms with van der Waals surface area (Å²) in [6.07, 6.45) is 0.807. The maximum Gasteiger partial charge on any atom is 0.307 e. The molecule has 2 atom stereocenters. The molecular formula is C9H9BrO2S. The SMILES string of the molecule is Cc1sc([C@@H]2C[C@H]2C(=O)O)cc1Br. The van der Waals surface area contributed by atoms with Crippen LogP contribution < -0.4 is 0 Å². The number of thiophene rings is 1. The first-order valence-corrected chi connectivity index (χ1v) is 5.69. The van der Waals surface area contributed by atoms with Crippen molar-refractivity contribution in [3.63, 3.8) is 0 Å². The van der Waals surface area contributed by atoms with Crippen LogP contribution in [0.2, 0.25) is 0 Å². The molecule has 70 valence electrons. The van der Waals surface area contributed by atoms with Gasteiger partial charge in [-0.3, -0.25) is 4.79 Å². The van der Waals surface area contributed by atoms with Crippen molar-refractivity contribution in [2.75, 3.05) is 0 Å². The summed E-state index contributed by atoms with van der Waals surface area (Å²) in [5.74, 6) is -0.523. The van der Waals surface area contributed by atoms with Gasteiger partial charge in [0.25, 0.3) is 0 Å². The van der Waals surface area contributed by atoms with E-state index in [1.165, 1.54) is 9.75 Å². The van der Waals surface area contributed by atoms with Gasteiger partial charge in [-0.25, -0.2) is 0 Å². The fourth-order valence-corrected chi connectivity index (χ4v) is 3.19. The van der Waals surface area contributed by atoms with Crippen molar-refractivity contribution in [3.8, 4) is 0 Å². The van der Waals surface area contributed by atoms with Gasteiger partial charge in [-0.1, -0.05) is 0 Å². The van der Waals surface area contributed by atoms with Crippen molar-refractivity contribution in [3.05, 3.63) is 20.3 Å². The Morgan fingerprint density at radius 1 is 1.77 bits per heavy atom. The van der Waals surface area contributed by atoms with E-state index in [2.05, 4.69) is 15.9 Å².